The maximum Gasteiger partial charge on any atom is 0.354 e. The fourth-order valence-electron chi connectivity index (χ4n) is 6.24. The molecule has 2 aliphatic heterocycles. The van der Waals surface area contributed by atoms with Crippen LogP contribution in [0.1, 0.15) is 25.5 Å². The molecule has 6 heterocycles. The highest BCUT2D eigenvalue weighted by molar-refractivity contribution is 7.13. The van der Waals surface area contributed by atoms with E-state index in [2.05, 4.69) is 20.0 Å². The Labute approximate surface area is 265 Å². The third kappa shape index (κ3) is 4.90. The molecule has 2 fully saturated rings. The number of benzene rings is 2. The molecule has 2 aliphatic rings. The molecule has 0 radical (unpaired) electrons. The number of fused-ring (bicyclic) bond motifs is 2. The summed E-state index contributed by atoms with van der Waals surface area (Å²) in [5, 5.41) is 20.3. The second-order valence-electron chi connectivity index (χ2n) is 11.1. The Morgan fingerprint density at radius 2 is 1.89 bits per heavy atom. The minimum atomic E-state index is -0.866. The van der Waals surface area contributed by atoms with Crippen LogP contribution in [0.25, 0.3) is 55.0 Å². The van der Waals surface area contributed by atoms with Gasteiger partial charge in [-0.2, -0.15) is 5.10 Å². The standard InChI is InChI=1S/C32H27N7O6S/c40-32-27-28(36-30(45-32)19-7-8-33-25(16-19)37-10-13-43-14-11-37)22(31-34-9-15-46-31)17-21(29(27)39(41)42)20-4-3-5-24-23(20)18-35-38(24)26-6-1-2-12-44-26/h3-5,7-9,15-18,26H,1-2,6,10-14H2. The van der Waals surface area contributed by atoms with Crippen LogP contribution in [-0.4, -0.2) is 62.6 Å². The van der Waals surface area contributed by atoms with Crippen molar-refractivity contribution in [3.05, 3.63) is 80.9 Å². The van der Waals surface area contributed by atoms with E-state index in [1.165, 1.54) is 11.3 Å². The Morgan fingerprint density at radius 1 is 1.00 bits per heavy atom. The molecule has 4 aromatic heterocycles. The van der Waals surface area contributed by atoms with Crippen molar-refractivity contribution in [3.63, 3.8) is 0 Å². The van der Waals surface area contributed by atoms with E-state index in [0.717, 1.165) is 24.8 Å². The van der Waals surface area contributed by atoms with Crippen molar-refractivity contribution in [2.75, 3.05) is 37.8 Å². The van der Waals surface area contributed by atoms with Gasteiger partial charge in [-0.3, -0.25) is 10.1 Å². The molecule has 46 heavy (non-hydrogen) atoms. The predicted molar refractivity (Wildman–Crippen MR) is 172 cm³/mol. The molecule has 232 valence electrons. The number of pyridine rings is 1. The molecule has 2 aromatic carbocycles. The number of nitro benzene ring substituents is 1. The monoisotopic (exact) mass is 637 g/mol. The molecule has 13 nitrogen and oxygen atoms in total. The van der Waals surface area contributed by atoms with Crippen molar-refractivity contribution in [2.24, 2.45) is 0 Å². The molecule has 0 spiro atoms. The molecule has 1 atom stereocenters. The first kappa shape index (κ1) is 28.4. The Morgan fingerprint density at radius 3 is 2.67 bits per heavy atom. The number of ether oxygens (including phenoxy) is 2. The van der Waals surface area contributed by atoms with Gasteiger partial charge in [-0.25, -0.2) is 24.4 Å². The third-order valence-electron chi connectivity index (χ3n) is 8.41. The summed E-state index contributed by atoms with van der Waals surface area (Å²) in [4.78, 5) is 42.0. The second-order valence-corrected chi connectivity index (χ2v) is 12.0. The molecule has 14 heteroatoms. The van der Waals surface area contributed by atoms with E-state index >= 15 is 0 Å². The Balaban J connectivity index is 1.34. The lowest BCUT2D eigenvalue weighted by molar-refractivity contribution is -0.382. The average Bonchev–Trinajstić information content (AvgIpc) is 3.79. The van der Waals surface area contributed by atoms with Crippen molar-refractivity contribution >= 4 is 44.6 Å². The lowest BCUT2D eigenvalue weighted by atomic mass is 9.95. The highest BCUT2D eigenvalue weighted by atomic mass is 32.1. The van der Waals surface area contributed by atoms with Crippen LogP contribution in [0.4, 0.5) is 11.5 Å². The van der Waals surface area contributed by atoms with E-state index in [9.17, 15) is 14.9 Å². The number of hydrogen-bond acceptors (Lipinski definition) is 12. The topological polar surface area (TPSA) is 152 Å². The fraction of sp³-hybridized carbons (Fsp3) is 0.281. The Hall–Kier alpha value is -5.05. The molecule has 0 amide bonds. The van der Waals surface area contributed by atoms with Gasteiger partial charge in [0.1, 0.15) is 10.8 Å². The lowest BCUT2D eigenvalue weighted by Crippen LogP contribution is -2.36. The van der Waals surface area contributed by atoms with Crippen molar-refractivity contribution in [2.45, 2.75) is 25.5 Å². The Bertz CT molecular complexity index is 2150. The van der Waals surface area contributed by atoms with E-state index in [1.807, 2.05) is 16.8 Å². The summed E-state index contributed by atoms with van der Waals surface area (Å²) in [7, 11) is 0. The highest BCUT2D eigenvalue weighted by Crippen LogP contribution is 2.44. The second kappa shape index (κ2) is 11.7. The first-order chi connectivity index (χ1) is 22.6. The van der Waals surface area contributed by atoms with Crippen LogP contribution in [0.3, 0.4) is 0 Å². The summed E-state index contributed by atoms with van der Waals surface area (Å²) < 4.78 is 19.0. The quantitative estimate of drug-likeness (QED) is 0.160. The molecular weight excluding hydrogens is 610 g/mol. The summed E-state index contributed by atoms with van der Waals surface area (Å²) in [5.41, 5.74) is 1.48. The van der Waals surface area contributed by atoms with E-state index in [-0.39, 0.29) is 34.3 Å². The number of nitro groups is 1. The van der Waals surface area contributed by atoms with Gasteiger partial charge >= 0.3 is 5.63 Å². The summed E-state index contributed by atoms with van der Waals surface area (Å²) in [6, 6.07) is 10.7. The van der Waals surface area contributed by atoms with Gasteiger partial charge in [-0.15, -0.1) is 11.3 Å². The molecule has 0 bridgehead atoms. The van der Waals surface area contributed by atoms with E-state index in [0.29, 0.717) is 65.8 Å². The molecule has 0 aliphatic carbocycles. The minimum absolute atomic E-state index is 0.0325. The van der Waals surface area contributed by atoms with Crippen molar-refractivity contribution in [3.8, 4) is 33.2 Å². The van der Waals surface area contributed by atoms with E-state index in [1.54, 1.807) is 48.2 Å². The molecule has 1 unspecified atom stereocenters. The van der Waals surface area contributed by atoms with Crippen molar-refractivity contribution in [1.29, 1.82) is 0 Å². The van der Waals surface area contributed by atoms with Gasteiger partial charge in [0, 0.05) is 54.0 Å². The Kier molecular flexibility index (Phi) is 7.23. The maximum absolute atomic E-state index is 13.9. The predicted octanol–water partition coefficient (Wildman–Crippen LogP) is 5.83. The molecular formula is C32H27N7O6S. The van der Waals surface area contributed by atoms with Gasteiger partial charge in [0.2, 0.25) is 5.89 Å². The van der Waals surface area contributed by atoms with Crippen LogP contribution in [0.2, 0.25) is 0 Å². The first-order valence-corrected chi connectivity index (χ1v) is 15.9. The van der Waals surface area contributed by atoms with Gasteiger partial charge in [0.05, 0.1) is 40.9 Å². The van der Waals surface area contributed by atoms with Crippen LogP contribution < -0.4 is 10.5 Å². The summed E-state index contributed by atoms with van der Waals surface area (Å²) >= 11 is 1.35. The third-order valence-corrected chi connectivity index (χ3v) is 9.22. The van der Waals surface area contributed by atoms with E-state index in [4.69, 9.17) is 18.9 Å². The number of anilines is 1. The largest absolute Gasteiger partial charge is 0.403 e. The van der Waals surface area contributed by atoms with Crippen molar-refractivity contribution in [1.82, 2.24) is 24.7 Å². The number of aromatic nitrogens is 5. The zero-order valence-corrected chi connectivity index (χ0v) is 25.3. The van der Waals surface area contributed by atoms with Gasteiger partial charge < -0.3 is 18.8 Å². The van der Waals surface area contributed by atoms with Crippen LogP contribution >= 0.6 is 11.3 Å². The summed E-state index contributed by atoms with van der Waals surface area (Å²) in [6.45, 7) is 3.17. The van der Waals surface area contributed by atoms with Gasteiger partial charge in [0.25, 0.3) is 5.69 Å². The lowest BCUT2D eigenvalue weighted by Gasteiger charge is -2.27. The van der Waals surface area contributed by atoms with Gasteiger partial charge in [-0.1, -0.05) is 12.1 Å². The van der Waals surface area contributed by atoms with Crippen LogP contribution in [0, 0.1) is 10.1 Å². The van der Waals surface area contributed by atoms with Gasteiger partial charge in [0.15, 0.2) is 11.6 Å². The zero-order valence-electron chi connectivity index (χ0n) is 24.5. The molecule has 6 aromatic rings. The molecule has 0 N–H and O–H groups in total. The molecule has 0 saturated carbocycles. The van der Waals surface area contributed by atoms with E-state index < -0.39 is 10.5 Å². The zero-order chi connectivity index (χ0) is 31.2. The summed E-state index contributed by atoms with van der Waals surface area (Å²) in [5.74, 6) is 0.726. The van der Waals surface area contributed by atoms with Crippen LogP contribution in [-0.2, 0) is 9.47 Å². The minimum Gasteiger partial charge on any atom is -0.403 e. The van der Waals surface area contributed by atoms with Crippen LogP contribution in [0.15, 0.2) is 69.6 Å². The molecule has 2 saturated heterocycles. The first-order valence-electron chi connectivity index (χ1n) is 15.0. The molecule has 8 rings (SSSR count). The number of thiazole rings is 1. The van der Waals surface area contributed by atoms with Gasteiger partial charge in [-0.05, 0) is 49.1 Å². The van der Waals surface area contributed by atoms with Crippen LogP contribution in [0.5, 0.6) is 0 Å². The average molecular weight is 638 g/mol. The maximum atomic E-state index is 13.9. The number of morpholine rings is 1. The SMILES string of the molecule is O=c1oc(-c2ccnc(N3CCOCC3)c2)nc2c(-c3nccs3)cc(-c3cccc4c3cnn4C3CCCCO3)c([N+](=O)[O-])c12. The highest BCUT2D eigenvalue weighted by Gasteiger charge is 2.30. The number of rotatable bonds is 6. The fourth-order valence-corrected chi connectivity index (χ4v) is 6.90. The number of hydrogen-bond donors (Lipinski definition) is 0. The summed E-state index contributed by atoms with van der Waals surface area (Å²) in [6.07, 6.45) is 7.59. The number of nitrogens with zero attached hydrogens (tertiary/aromatic N) is 7. The van der Waals surface area contributed by atoms with Crippen molar-refractivity contribution < 1.29 is 18.8 Å². The smallest absolute Gasteiger partial charge is 0.354 e. The normalized spacial score (nSPS) is 17.1.